The number of anilines is 1. The van der Waals surface area contributed by atoms with Gasteiger partial charge in [0.2, 0.25) is 5.79 Å². The quantitative estimate of drug-likeness (QED) is 0.314. The van der Waals surface area contributed by atoms with Crippen LogP contribution in [0.4, 0.5) is 5.82 Å². The average Bonchev–Trinajstić information content (AvgIpc) is 3.32. The molecule has 3 rings (SSSR count). The number of fused-ring (bicyclic) bond motifs is 1. The Labute approximate surface area is 250 Å². The van der Waals surface area contributed by atoms with Crippen LogP contribution in [0, 0.1) is 0 Å². The minimum Gasteiger partial charge on any atom is -0.414 e. The van der Waals surface area contributed by atoms with Crippen molar-refractivity contribution in [2.45, 2.75) is 141 Å². The van der Waals surface area contributed by atoms with Crippen LogP contribution >= 0.6 is 0 Å². The highest BCUT2D eigenvalue weighted by Crippen LogP contribution is 2.49. The number of ether oxygens (including phenoxy) is 1. The van der Waals surface area contributed by atoms with Crippen molar-refractivity contribution in [2.75, 3.05) is 12.3 Å². The second-order valence-corrected chi connectivity index (χ2v) is 30.5. The first kappa shape index (κ1) is 34.4. The van der Waals surface area contributed by atoms with Crippen molar-refractivity contribution in [3.63, 3.8) is 0 Å². The van der Waals surface area contributed by atoms with Gasteiger partial charge in [-0.3, -0.25) is 0 Å². The van der Waals surface area contributed by atoms with Crippen LogP contribution in [0.1, 0.15) is 68.0 Å². The van der Waals surface area contributed by atoms with E-state index in [0.29, 0.717) is 17.0 Å². The summed E-state index contributed by atoms with van der Waals surface area (Å²) in [6.45, 7) is 33.4. The van der Waals surface area contributed by atoms with Crippen molar-refractivity contribution in [1.82, 2.24) is 14.6 Å². The lowest BCUT2D eigenvalue weighted by Crippen LogP contribution is -2.56. The molecule has 9 nitrogen and oxygen atoms in total. The van der Waals surface area contributed by atoms with Gasteiger partial charge in [0.1, 0.15) is 35.8 Å². The molecule has 0 bridgehead atoms. The van der Waals surface area contributed by atoms with Crippen LogP contribution in [0.3, 0.4) is 0 Å². The van der Waals surface area contributed by atoms with Crippen molar-refractivity contribution in [3.05, 3.63) is 24.2 Å². The van der Waals surface area contributed by atoms with Crippen LogP contribution < -0.4 is 5.73 Å². The summed E-state index contributed by atoms with van der Waals surface area (Å²) in [7, 11) is -6.92. The van der Waals surface area contributed by atoms with Crippen LogP contribution in [0.15, 0.2) is 18.5 Å². The Hall–Kier alpha value is -1.13. The lowest BCUT2D eigenvalue weighted by Gasteiger charge is -2.45. The fraction of sp³-hybridized carbons (Fsp3) is 0.793. The van der Waals surface area contributed by atoms with E-state index in [4.69, 9.17) is 23.7 Å². The van der Waals surface area contributed by atoms with Crippen molar-refractivity contribution < 1.29 is 23.1 Å². The molecule has 0 spiro atoms. The number of aromatic nitrogens is 3. The maximum absolute atomic E-state index is 12.7. The zero-order valence-corrected chi connectivity index (χ0v) is 31.2. The Balaban J connectivity index is 2.22. The molecule has 1 aliphatic heterocycles. The number of hydrogen-bond acceptors (Lipinski definition) is 8. The molecule has 1 aliphatic rings. The smallest absolute Gasteiger partial charge is 0.239 e. The second kappa shape index (κ2) is 10.8. The molecule has 234 valence electrons. The first-order valence-corrected chi connectivity index (χ1v) is 23.5. The summed E-state index contributed by atoms with van der Waals surface area (Å²) in [5, 5.41) is 17.0. The number of rotatable bonds is 8. The first-order chi connectivity index (χ1) is 18.3. The van der Waals surface area contributed by atoms with Crippen LogP contribution in [0.2, 0.25) is 54.4 Å². The van der Waals surface area contributed by atoms with Gasteiger partial charge >= 0.3 is 0 Å². The fourth-order valence-electron chi connectivity index (χ4n) is 4.14. The molecule has 0 aliphatic carbocycles. The molecule has 0 aromatic carbocycles. The van der Waals surface area contributed by atoms with Crippen molar-refractivity contribution in [3.8, 4) is 0 Å². The topological polar surface area (TPSA) is 113 Å². The molecule has 0 amide bonds. The molecule has 0 saturated carbocycles. The summed E-state index contributed by atoms with van der Waals surface area (Å²) < 4.78 is 29.3. The summed E-state index contributed by atoms with van der Waals surface area (Å²) in [6, 6.07) is 3.60. The predicted molar refractivity (Wildman–Crippen MR) is 173 cm³/mol. The van der Waals surface area contributed by atoms with Crippen LogP contribution in [-0.2, 0) is 23.8 Å². The maximum Gasteiger partial charge on any atom is 0.239 e. The first-order valence-electron chi connectivity index (χ1n) is 14.7. The third-order valence-electron chi connectivity index (χ3n) is 10.1. The van der Waals surface area contributed by atoms with E-state index in [2.05, 4.69) is 112 Å². The molecule has 0 radical (unpaired) electrons. The molecular weight excluding hydrogens is 569 g/mol. The van der Waals surface area contributed by atoms with Gasteiger partial charge in [0.25, 0.3) is 0 Å². The molecular formula is C29H56N4O5Si3. The fourth-order valence-corrected chi connectivity index (χ4v) is 7.75. The summed E-state index contributed by atoms with van der Waals surface area (Å²) in [6.07, 6.45) is -0.567. The summed E-state index contributed by atoms with van der Waals surface area (Å²) in [5.74, 6) is -1.54. The molecule has 4 atom stereocenters. The lowest BCUT2D eigenvalue weighted by atomic mass is 10.0. The SMILES string of the molecule is CC(C)(C)[Si](C)(C)OC[C@H]1OC(O)(c2ccc3c(N)ncnn23)[C@H](O[Si](C)(C)C(C)(C)C)[C@@H]1O[Si](C)(C)C(C)(C)C. The van der Waals surface area contributed by atoms with Gasteiger partial charge in [0.15, 0.2) is 30.8 Å². The van der Waals surface area contributed by atoms with E-state index in [-0.39, 0.29) is 21.7 Å². The highest BCUT2D eigenvalue weighted by atomic mass is 28.4. The molecule has 3 heterocycles. The lowest BCUT2D eigenvalue weighted by molar-refractivity contribution is -0.239. The highest BCUT2D eigenvalue weighted by molar-refractivity contribution is 6.75. The molecule has 1 fully saturated rings. The Morgan fingerprint density at radius 2 is 1.39 bits per heavy atom. The van der Waals surface area contributed by atoms with E-state index in [1.54, 1.807) is 16.6 Å². The molecule has 2 aromatic rings. The van der Waals surface area contributed by atoms with Gasteiger partial charge in [-0.1, -0.05) is 62.3 Å². The molecule has 3 N–H and O–H groups in total. The average molecular weight is 625 g/mol. The third-order valence-corrected chi connectivity index (χ3v) is 23.5. The standard InChI is InChI=1S/C29H56N4O5Si3/c1-26(2,3)39(10,11)35-18-21-23(37-40(12,13)27(4,5)6)24(38-41(14,15)28(7,8)9)29(34,36-21)22-17-16-20-25(30)31-19-32-33(20)22/h16-17,19,21,23-24,34H,18H2,1-15H3,(H2,30,31,32)/t21-,23-,24-,29?/m1/s1. The van der Waals surface area contributed by atoms with Crippen molar-refractivity contribution in [2.24, 2.45) is 0 Å². The number of aliphatic hydroxyl groups is 1. The largest absolute Gasteiger partial charge is 0.414 e. The van der Waals surface area contributed by atoms with E-state index >= 15 is 0 Å². The Bertz CT molecular complexity index is 1230. The monoisotopic (exact) mass is 624 g/mol. The molecule has 41 heavy (non-hydrogen) atoms. The third kappa shape index (κ3) is 6.54. The van der Waals surface area contributed by atoms with Gasteiger partial charge in [0.05, 0.1) is 6.61 Å². The van der Waals surface area contributed by atoms with Gasteiger partial charge in [-0.25, -0.2) is 9.50 Å². The minimum absolute atomic E-state index is 0.0148. The summed E-state index contributed by atoms with van der Waals surface area (Å²) >= 11 is 0. The molecule has 2 aromatic heterocycles. The van der Waals surface area contributed by atoms with Gasteiger partial charge in [-0.15, -0.1) is 0 Å². The Morgan fingerprint density at radius 3 is 1.90 bits per heavy atom. The van der Waals surface area contributed by atoms with Crippen molar-refractivity contribution in [1.29, 1.82) is 0 Å². The van der Waals surface area contributed by atoms with E-state index in [1.807, 2.05) is 0 Å². The van der Waals surface area contributed by atoms with Gasteiger partial charge in [-0.05, 0) is 66.5 Å². The number of nitrogens with zero attached hydrogens (tertiary/aromatic N) is 3. The maximum atomic E-state index is 12.7. The van der Waals surface area contributed by atoms with Crippen LogP contribution in [-0.4, -0.2) is 69.6 Å². The minimum atomic E-state index is -2.44. The zero-order valence-electron chi connectivity index (χ0n) is 28.2. The molecule has 1 saturated heterocycles. The number of nitrogens with two attached hydrogens (primary N) is 1. The summed E-state index contributed by atoms with van der Waals surface area (Å²) in [5.41, 5.74) is 7.20. The Morgan fingerprint density at radius 1 is 0.878 bits per heavy atom. The van der Waals surface area contributed by atoms with Gasteiger partial charge < -0.3 is 28.9 Å². The highest BCUT2D eigenvalue weighted by Gasteiger charge is 2.62. The van der Waals surface area contributed by atoms with Gasteiger partial charge in [0, 0.05) is 0 Å². The van der Waals surface area contributed by atoms with E-state index in [9.17, 15) is 5.11 Å². The molecule has 12 heteroatoms. The van der Waals surface area contributed by atoms with Crippen LogP contribution in [0.25, 0.3) is 5.52 Å². The number of hydrogen-bond donors (Lipinski definition) is 2. The zero-order chi connectivity index (χ0) is 31.6. The van der Waals surface area contributed by atoms with Crippen LogP contribution in [0.5, 0.6) is 0 Å². The van der Waals surface area contributed by atoms with E-state index in [0.717, 1.165) is 0 Å². The predicted octanol–water partition coefficient (Wildman–Crippen LogP) is 6.66. The van der Waals surface area contributed by atoms with Gasteiger partial charge in [-0.2, -0.15) is 5.10 Å². The number of nitrogen functional groups attached to an aromatic ring is 1. The normalized spacial score (nSPS) is 25.3. The molecule has 1 unspecified atom stereocenters. The Kier molecular flexibility index (Phi) is 9.05. The van der Waals surface area contributed by atoms with Crippen molar-refractivity contribution >= 4 is 36.3 Å². The summed E-state index contributed by atoms with van der Waals surface area (Å²) in [4.78, 5) is 4.13. The second-order valence-electron chi connectivity index (χ2n) is 16.2. The van der Waals surface area contributed by atoms with E-state index < -0.39 is 49.1 Å². The van der Waals surface area contributed by atoms with E-state index in [1.165, 1.54) is 6.33 Å².